The number of nitrogens with two attached hydrogens (primary N) is 1. The van der Waals surface area contributed by atoms with Crippen LogP contribution in [0.1, 0.15) is 5.56 Å². The zero-order chi connectivity index (χ0) is 14.1. The standard InChI is InChI=1S/C14H13N5O/c1-9-13(11-7-8-12(20)17-16-11)18-19(14(9)15)10-5-3-2-4-6-10/h2-8H,15H2,1H3,(H,17,20). The van der Waals surface area contributed by atoms with Crippen LogP contribution in [0.2, 0.25) is 0 Å². The highest BCUT2D eigenvalue weighted by Gasteiger charge is 2.15. The van der Waals surface area contributed by atoms with Crippen LogP contribution in [0.4, 0.5) is 5.82 Å². The van der Waals surface area contributed by atoms with Gasteiger partial charge in [-0.3, -0.25) is 4.79 Å². The van der Waals surface area contributed by atoms with Crippen LogP contribution in [0.5, 0.6) is 0 Å². The van der Waals surface area contributed by atoms with E-state index in [1.54, 1.807) is 10.7 Å². The molecule has 0 atom stereocenters. The number of benzene rings is 1. The third kappa shape index (κ3) is 1.97. The van der Waals surface area contributed by atoms with E-state index in [1.165, 1.54) is 6.07 Å². The number of aromatic nitrogens is 4. The van der Waals surface area contributed by atoms with Gasteiger partial charge in [0, 0.05) is 11.6 Å². The molecular weight excluding hydrogens is 254 g/mol. The van der Waals surface area contributed by atoms with Crippen molar-refractivity contribution >= 4 is 5.82 Å². The Kier molecular flexibility index (Phi) is 2.83. The van der Waals surface area contributed by atoms with E-state index in [2.05, 4.69) is 15.3 Å². The number of hydrogen-bond acceptors (Lipinski definition) is 4. The number of nitrogens with zero attached hydrogens (tertiary/aromatic N) is 3. The Morgan fingerprint density at radius 2 is 1.90 bits per heavy atom. The minimum atomic E-state index is -0.248. The fourth-order valence-electron chi connectivity index (χ4n) is 1.99. The molecule has 6 nitrogen and oxygen atoms in total. The van der Waals surface area contributed by atoms with E-state index in [9.17, 15) is 4.79 Å². The van der Waals surface area contributed by atoms with Crippen molar-refractivity contribution in [1.29, 1.82) is 0 Å². The van der Waals surface area contributed by atoms with Crippen molar-refractivity contribution in [3.8, 4) is 17.1 Å². The average Bonchev–Trinajstić information content (AvgIpc) is 2.77. The Labute approximate surface area is 114 Å². The summed E-state index contributed by atoms with van der Waals surface area (Å²) in [5, 5.41) is 10.9. The van der Waals surface area contributed by atoms with Crippen molar-refractivity contribution in [2.24, 2.45) is 0 Å². The molecule has 1 aromatic carbocycles. The van der Waals surface area contributed by atoms with Gasteiger partial charge in [0.2, 0.25) is 0 Å². The van der Waals surface area contributed by atoms with Gasteiger partial charge in [-0.15, -0.1) is 0 Å². The van der Waals surface area contributed by atoms with Crippen molar-refractivity contribution in [3.63, 3.8) is 0 Å². The molecule has 20 heavy (non-hydrogen) atoms. The number of para-hydroxylation sites is 1. The van der Waals surface area contributed by atoms with Crippen LogP contribution >= 0.6 is 0 Å². The van der Waals surface area contributed by atoms with E-state index in [0.29, 0.717) is 17.2 Å². The molecule has 0 radical (unpaired) electrons. The van der Waals surface area contributed by atoms with Crippen LogP contribution in [0, 0.1) is 6.92 Å². The summed E-state index contributed by atoms with van der Waals surface area (Å²) in [5.41, 5.74) is 8.80. The number of hydrogen-bond donors (Lipinski definition) is 2. The predicted octanol–water partition coefficient (Wildman–Crippen LogP) is 1.51. The Balaban J connectivity index is 2.15. The Hall–Kier alpha value is -2.89. The van der Waals surface area contributed by atoms with Crippen LogP contribution in [0.15, 0.2) is 47.3 Å². The summed E-state index contributed by atoms with van der Waals surface area (Å²) >= 11 is 0. The van der Waals surface area contributed by atoms with Gasteiger partial charge in [0.1, 0.15) is 17.2 Å². The van der Waals surface area contributed by atoms with Gasteiger partial charge in [-0.2, -0.15) is 10.2 Å². The molecule has 0 spiro atoms. The zero-order valence-corrected chi connectivity index (χ0v) is 10.9. The van der Waals surface area contributed by atoms with Gasteiger partial charge < -0.3 is 5.73 Å². The SMILES string of the molecule is Cc1c(-c2ccc(=O)[nH]n2)nn(-c2ccccc2)c1N. The van der Waals surface area contributed by atoms with Crippen molar-refractivity contribution in [3.05, 3.63) is 58.4 Å². The van der Waals surface area contributed by atoms with Crippen molar-refractivity contribution in [2.75, 3.05) is 5.73 Å². The third-order valence-electron chi connectivity index (χ3n) is 3.09. The molecule has 0 unspecified atom stereocenters. The fourth-order valence-corrected chi connectivity index (χ4v) is 1.99. The van der Waals surface area contributed by atoms with Gasteiger partial charge in [-0.25, -0.2) is 9.78 Å². The molecule has 0 aliphatic rings. The highest BCUT2D eigenvalue weighted by Crippen LogP contribution is 2.26. The largest absolute Gasteiger partial charge is 0.383 e. The van der Waals surface area contributed by atoms with Crippen LogP contribution < -0.4 is 11.3 Å². The average molecular weight is 267 g/mol. The lowest BCUT2D eigenvalue weighted by Gasteiger charge is -2.02. The molecule has 3 aromatic rings. The van der Waals surface area contributed by atoms with Crippen LogP contribution in [-0.4, -0.2) is 20.0 Å². The van der Waals surface area contributed by atoms with E-state index >= 15 is 0 Å². The predicted molar refractivity (Wildman–Crippen MR) is 76.6 cm³/mol. The van der Waals surface area contributed by atoms with Crippen molar-refractivity contribution in [1.82, 2.24) is 20.0 Å². The second-order valence-corrected chi connectivity index (χ2v) is 4.41. The number of anilines is 1. The third-order valence-corrected chi connectivity index (χ3v) is 3.09. The molecule has 100 valence electrons. The molecule has 3 rings (SSSR count). The van der Waals surface area contributed by atoms with Crippen molar-refractivity contribution in [2.45, 2.75) is 6.92 Å². The Morgan fingerprint density at radius 3 is 2.55 bits per heavy atom. The number of H-pyrrole nitrogens is 1. The van der Waals surface area contributed by atoms with E-state index < -0.39 is 0 Å². The summed E-state index contributed by atoms with van der Waals surface area (Å²) < 4.78 is 1.66. The summed E-state index contributed by atoms with van der Waals surface area (Å²) in [4.78, 5) is 11.1. The molecule has 3 N–H and O–H groups in total. The van der Waals surface area contributed by atoms with Gasteiger partial charge >= 0.3 is 0 Å². The highest BCUT2D eigenvalue weighted by molar-refractivity contribution is 5.66. The van der Waals surface area contributed by atoms with Gasteiger partial charge in [0.25, 0.3) is 5.56 Å². The molecule has 0 saturated heterocycles. The first-order chi connectivity index (χ1) is 9.66. The first kappa shape index (κ1) is 12.2. The van der Waals surface area contributed by atoms with Crippen LogP contribution in [0.3, 0.4) is 0 Å². The van der Waals surface area contributed by atoms with E-state index in [0.717, 1.165) is 11.3 Å². The zero-order valence-electron chi connectivity index (χ0n) is 10.9. The van der Waals surface area contributed by atoms with E-state index in [4.69, 9.17) is 5.73 Å². The maximum atomic E-state index is 11.1. The first-order valence-electron chi connectivity index (χ1n) is 6.13. The molecule has 0 aliphatic heterocycles. The minimum Gasteiger partial charge on any atom is -0.383 e. The summed E-state index contributed by atoms with van der Waals surface area (Å²) in [6.07, 6.45) is 0. The number of nitrogen functional groups attached to an aromatic ring is 1. The van der Waals surface area contributed by atoms with Gasteiger partial charge in [0.15, 0.2) is 0 Å². The summed E-state index contributed by atoms with van der Waals surface area (Å²) in [5.74, 6) is 0.555. The van der Waals surface area contributed by atoms with Gasteiger partial charge in [0.05, 0.1) is 5.69 Å². The van der Waals surface area contributed by atoms with E-state index in [-0.39, 0.29) is 5.56 Å². The molecule has 0 aliphatic carbocycles. The van der Waals surface area contributed by atoms with Crippen LogP contribution in [0.25, 0.3) is 17.1 Å². The molecule has 2 aromatic heterocycles. The lowest BCUT2D eigenvalue weighted by atomic mass is 10.2. The molecule has 2 heterocycles. The number of aromatic amines is 1. The van der Waals surface area contributed by atoms with Gasteiger partial charge in [-0.1, -0.05) is 18.2 Å². The Bertz CT molecular complexity index is 784. The fraction of sp³-hybridized carbons (Fsp3) is 0.0714. The molecule has 0 amide bonds. The quantitative estimate of drug-likeness (QED) is 0.736. The summed E-state index contributed by atoms with van der Waals surface area (Å²) in [6, 6.07) is 12.7. The first-order valence-corrected chi connectivity index (χ1v) is 6.13. The highest BCUT2D eigenvalue weighted by atomic mass is 16.1. The second-order valence-electron chi connectivity index (χ2n) is 4.41. The maximum absolute atomic E-state index is 11.1. The second kappa shape index (κ2) is 4.65. The van der Waals surface area contributed by atoms with Gasteiger partial charge in [-0.05, 0) is 25.1 Å². The molecule has 0 fully saturated rings. The molecule has 0 bridgehead atoms. The van der Waals surface area contributed by atoms with Crippen molar-refractivity contribution < 1.29 is 0 Å². The smallest absolute Gasteiger partial charge is 0.264 e. The van der Waals surface area contributed by atoms with E-state index in [1.807, 2.05) is 37.3 Å². The number of rotatable bonds is 2. The maximum Gasteiger partial charge on any atom is 0.264 e. The minimum absolute atomic E-state index is 0.248. The Morgan fingerprint density at radius 1 is 1.15 bits per heavy atom. The normalized spacial score (nSPS) is 10.7. The van der Waals surface area contributed by atoms with Crippen LogP contribution in [-0.2, 0) is 0 Å². The number of nitrogens with one attached hydrogen (secondary N) is 1. The molecular formula is C14H13N5O. The monoisotopic (exact) mass is 267 g/mol. The lowest BCUT2D eigenvalue weighted by Crippen LogP contribution is -2.06. The lowest BCUT2D eigenvalue weighted by molar-refractivity contribution is 0.887. The summed E-state index contributed by atoms with van der Waals surface area (Å²) in [6.45, 7) is 1.88. The molecule has 0 saturated carbocycles. The molecule has 6 heteroatoms. The summed E-state index contributed by atoms with van der Waals surface area (Å²) in [7, 11) is 0. The topological polar surface area (TPSA) is 89.6 Å².